The van der Waals surface area contributed by atoms with Gasteiger partial charge < -0.3 is 0 Å². The van der Waals surface area contributed by atoms with Crippen molar-refractivity contribution in [1.82, 2.24) is 9.03 Å². The Kier molecular flexibility index (Phi) is 2.99. The van der Waals surface area contributed by atoms with E-state index in [-0.39, 0.29) is 12.1 Å². The molecule has 13 heavy (non-hydrogen) atoms. The van der Waals surface area contributed by atoms with Crippen LogP contribution in [-0.2, 0) is 10.2 Å². The second-order valence-electron chi connectivity index (χ2n) is 4.14. The third kappa shape index (κ3) is 2.21. The number of nitrogens with one attached hydrogen (secondary N) is 1. The van der Waals surface area contributed by atoms with Crippen LogP contribution >= 0.6 is 0 Å². The second kappa shape index (κ2) is 3.55. The van der Waals surface area contributed by atoms with Gasteiger partial charge in [-0.25, -0.2) is 0 Å². The van der Waals surface area contributed by atoms with Gasteiger partial charge in [-0.3, -0.25) is 0 Å². The lowest BCUT2D eigenvalue weighted by atomic mass is 10.1. The van der Waals surface area contributed by atoms with Crippen molar-refractivity contribution in [3.05, 3.63) is 0 Å². The fourth-order valence-corrected chi connectivity index (χ4v) is 3.20. The molecule has 0 amide bonds. The first-order valence-corrected chi connectivity index (χ1v) is 6.07. The van der Waals surface area contributed by atoms with Crippen LogP contribution in [0.1, 0.15) is 27.7 Å². The maximum absolute atomic E-state index is 11.5. The van der Waals surface area contributed by atoms with Crippen LogP contribution in [0.2, 0.25) is 0 Å². The van der Waals surface area contributed by atoms with Gasteiger partial charge in [0.15, 0.2) is 0 Å². The molecule has 1 rings (SSSR count). The van der Waals surface area contributed by atoms with E-state index < -0.39 is 10.2 Å². The minimum Gasteiger partial charge on any atom is -0.197 e. The summed E-state index contributed by atoms with van der Waals surface area (Å²) in [6.45, 7) is 8.43. The van der Waals surface area contributed by atoms with E-state index in [1.54, 1.807) is 0 Å². The number of nitrogens with zero attached hydrogens (tertiary/aromatic N) is 1. The van der Waals surface area contributed by atoms with Crippen molar-refractivity contribution < 1.29 is 8.42 Å². The highest BCUT2D eigenvalue weighted by Gasteiger charge is 2.37. The molecule has 1 heterocycles. The van der Waals surface area contributed by atoms with Crippen LogP contribution in [0.4, 0.5) is 0 Å². The van der Waals surface area contributed by atoms with Gasteiger partial charge >= 0.3 is 0 Å². The zero-order valence-corrected chi connectivity index (χ0v) is 9.43. The van der Waals surface area contributed by atoms with Crippen LogP contribution in [0.3, 0.4) is 0 Å². The minimum atomic E-state index is -3.20. The molecule has 0 aliphatic carbocycles. The Morgan fingerprint density at radius 2 is 1.85 bits per heavy atom. The molecule has 0 radical (unpaired) electrons. The molecule has 1 saturated heterocycles. The lowest BCUT2D eigenvalue weighted by Crippen LogP contribution is -2.35. The number of hydrogen-bond donors (Lipinski definition) is 1. The molecule has 4 nitrogen and oxygen atoms in total. The fourth-order valence-electron chi connectivity index (χ4n) is 1.42. The summed E-state index contributed by atoms with van der Waals surface area (Å²) in [5.74, 6) is 0.346. The van der Waals surface area contributed by atoms with Crippen molar-refractivity contribution in [1.29, 1.82) is 0 Å². The van der Waals surface area contributed by atoms with E-state index in [1.165, 1.54) is 4.31 Å². The lowest BCUT2D eigenvalue weighted by Gasteiger charge is -2.17. The molecule has 1 aliphatic rings. The Balaban J connectivity index is 2.80. The van der Waals surface area contributed by atoms with E-state index in [0.29, 0.717) is 12.5 Å². The first-order chi connectivity index (χ1) is 5.84. The molecule has 78 valence electrons. The minimum absolute atomic E-state index is 0.0428. The van der Waals surface area contributed by atoms with Crippen molar-refractivity contribution in [2.45, 2.75) is 39.8 Å². The van der Waals surface area contributed by atoms with E-state index >= 15 is 0 Å². The quantitative estimate of drug-likeness (QED) is 0.718. The zero-order chi connectivity index (χ0) is 10.2. The van der Waals surface area contributed by atoms with Gasteiger partial charge in [-0.15, -0.1) is 0 Å². The molecule has 0 saturated carbocycles. The van der Waals surface area contributed by atoms with E-state index in [1.807, 2.05) is 27.7 Å². The fraction of sp³-hybridized carbons (Fsp3) is 1.00. The summed E-state index contributed by atoms with van der Waals surface area (Å²) >= 11 is 0. The maximum Gasteiger partial charge on any atom is 0.280 e. The molecule has 0 spiro atoms. The van der Waals surface area contributed by atoms with Gasteiger partial charge in [-0.1, -0.05) is 13.8 Å². The van der Waals surface area contributed by atoms with E-state index in [0.717, 1.165) is 0 Å². The number of rotatable bonds is 2. The monoisotopic (exact) mass is 206 g/mol. The normalized spacial score (nSPS) is 28.9. The highest BCUT2D eigenvalue weighted by atomic mass is 32.2. The molecule has 1 fully saturated rings. The summed E-state index contributed by atoms with van der Waals surface area (Å²) in [6, 6.07) is 0.105. The first-order valence-electron chi connectivity index (χ1n) is 4.63. The highest BCUT2D eigenvalue weighted by Crippen LogP contribution is 2.18. The molecule has 0 unspecified atom stereocenters. The first kappa shape index (κ1) is 10.9. The Morgan fingerprint density at radius 3 is 2.08 bits per heavy atom. The summed E-state index contributed by atoms with van der Waals surface area (Å²) in [6.07, 6.45) is 0. The Morgan fingerprint density at radius 1 is 1.31 bits per heavy atom. The maximum atomic E-state index is 11.5. The van der Waals surface area contributed by atoms with Crippen LogP contribution < -0.4 is 4.72 Å². The van der Waals surface area contributed by atoms with Crippen LogP contribution in [0.15, 0.2) is 0 Å². The molecule has 1 N–H and O–H groups in total. The predicted octanol–water partition coefficient (Wildman–Crippen LogP) is 0.569. The van der Waals surface area contributed by atoms with Gasteiger partial charge in [0.05, 0.1) is 0 Å². The van der Waals surface area contributed by atoms with Crippen LogP contribution in [0.25, 0.3) is 0 Å². The zero-order valence-electron chi connectivity index (χ0n) is 8.61. The molecular formula is C8H18N2O2S. The third-order valence-electron chi connectivity index (χ3n) is 2.37. The largest absolute Gasteiger partial charge is 0.280 e. The second-order valence-corrected chi connectivity index (χ2v) is 5.79. The average molecular weight is 206 g/mol. The summed E-state index contributed by atoms with van der Waals surface area (Å²) in [5.41, 5.74) is 0. The van der Waals surface area contributed by atoms with E-state index in [9.17, 15) is 8.42 Å². The van der Waals surface area contributed by atoms with Crippen molar-refractivity contribution in [3.8, 4) is 0 Å². The van der Waals surface area contributed by atoms with Crippen molar-refractivity contribution in [2.24, 2.45) is 5.92 Å². The average Bonchev–Trinajstić information content (AvgIpc) is 2.25. The topological polar surface area (TPSA) is 49.4 Å². The van der Waals surface area contributed by atoms with Crippen molar-refractivity contribution in [2.75, 3.05) is 6.54 Å². The molecule has 1 aliphatic heterocycles. The standard InChI is InChI=1S/C8H18N2O2S/c1-6(2)8-5-10(7(3)4)13(11,12)9-8/h6-9H,5H2,1-4H3/t8-/m0/s1. The molecular weight excluding hydrogens is 188 g/mol. The molecule has 5 heteroatoms. The molecule has 0 bridgehead atoms. The summed E-state index contributed by atoms with van der Waals surface area (Å²) in [4.78, 5) is 0. The summed E-state index contributed by atoms with van der Waals surface area (Å²) in [5, 5.41) is 0. The molecule has 1 atom stereocenters. The molecule has 0 aromatic heterocycles. The summed E-state index contributed by atoms with van der Waals surface area (Å²) in [7, 11) is -3.20. The van der Waals surface area contributed by atoms with Crippen molar-refractivity contribution in [3.63, 3.8) is 0 Å². The van der Waals surface area contributed by atoms with Gasteiger partial charge in [0.2, 0.25) is 0 Å². The van der Waals surface area contributed by atoms with Crippen molar-refractivity contribution >= 4 is 10.2 Å². The Hall–Kier alpha value is -0.130. The van der Waals surface area contributed by atoms with Crippen LogP contribution in [0.5, 0.6) is 0 Å². The van der Waals surface area contributed by atoms with Gasteiger partial charge in [0.25, 0.3) is 10.2 Å². The van der Waals surface area contributed by atoms with Gasteiger partial charge in [0.1, 0.15) is 0 Å². The smallest absolute Gasteiger partial charge is 0.197 e. The van der Waals surface area contributed by atoms with Gasteiger partial charge in [-0.2, -0.15) is 17.4 Å². The van der Waals surface area contributed by atoms with E-state index in [2.05, 4.69) is 4.72 Å². The van der Waals surface area contributed by atoms with E-state index in [4.69, 9.17) is 0 Å². The summed E-state index contributed by atoms with van der Waals surface area (Å²) < 4.78 is 27.2. The SMILES string of the molecule is CC(C)[C@@H]1CN(C(C)C)S(=O)(=O)N1. The van der Waals surface area contributed by atoms with Gasteiger partial charge in [0, 0.05) is 18.6 Å². The van der Waals surface area contributed by atoms with Crippen LogP contribution in [-0.4, -0.2) is 31.4 Å². The predicted molar refractivity (Wildman–Crippen MR) is 52.5 cm³/mol. The third-order valence-corrected chi connectivity index (χ3v) is 4.16. The molecule has 0 aromatic rings. The lowest BCUT2D eigenvalue weighted by molar-refractivity contribution is 0.343. The van der Waals surface area contributed by atoms with Gasteiger partial charge in [-0.05, 0) is 19.8 Å². The Labute approximate surface area is 80.5 Å². The molecule has 0 aromatic carbocycles. The van der Waals surface area contributed by atoms with Crippen LogP contribution in [0, 0.1) is 5.92 Å². The number of hydrogen-bond acceptors (Lipinski definition) is 2. The highest BCUT2D eigenvalue weighted by molar-refractivity contribution is 7.87. The Bertz CT molecular complexity index is 272.